The van der Waals surface area contributed by atoms with Gasteiger partial charge < -0.3 is 10.1 Å². The van der Waals surface area contributed by atoms with E-state index < -0.39 is 10.0 Å². The van der Waals surface area contributed by atoms with Gasteiger partial charge in [0.1, 0.15) is 18.1 Å². The lowest BCUT2D eigenvalue weighted by Crippen LogP contribution is -2.21. The van der Waals surface area contributed by atoms with Crippen molar-refractivity contribution in [2.24, 2.45) is 0 Å². The second kappa shape index (κ2) is 8.53. The molecule has 0 aliphatic heterocycles. The minimum atomic E-state index is -3.52. The number of carbonyl (C=O) groups is 1. The standard InChI is InChI=1S/C18H22N2O4S/c1-3-15-4-10-18(11-5-15)24-12-13-25(22,23)20-17-8-6-16(7-9-17)19-14(2)21/h4-11,20H,3,12-13H2,1-2H3,(H,19,21). The molecular weight excluding hydrogens is 340 g/mol. The second-order valence-electron chi connectivity index (χ2n) is 5.53. The summed E-state index contributed by atoms with van der Waals surface area (Å²) in [5.74, 6) is 0.306. The number of carbonyl (C=O) groups excluding carboxylic acids is 1. The monoisotopic (exact) mass is 362 g/mol. The summed E-state index contributed by atoms with van der Waals surface area (Å²) in [7, 11) is -3.52. The van der Waals surface area contributed by atoms with E-state index in [1.807, 2.05) is 24.3 Å². The van der Waals surface area contributed by atoms with Crippen LogP contribution in [-0.4, -0.2) is 26.7 Å². The maximum atomic E-state index is 12.1. The van der Waals surface area contributed by atoms with Gasteiger partial charge in [-0.25, -0.2) is 8.42 Å². The Morgan fingerprint density at radius 3 is 2.16 bits per heavy atom. The lowest BCUT2D eigenvalue weighted by Gasteiger charge is -2.10. The number of amides is 1. The Bertz CT molecular complexity index is 800. The summed E-state index contributed by atoms with van der Waals surface area (Å²) in [6.45, 7) is 3.54. The van der Waals surface area contributed by atoms with Crippen molar-refractivity contribution in [1.82, 2.24) is 0 Å². The molecule has 2 N–H and O–H groups in total. The van der Waals surface area contributed by atoms with Gasteiger partial charge in [0.15, 0.2) is 0 Å². The smallest absolute Gasteiger partial charge is 0.236 e. The van der Waals surface area contributed by atoms with E-state index >= 15 is 0 Å². The van der Waals surface area contributed by atoms with Crippen molar-refractivity contribution < 1.29 is 17.9 Å². The van der Waals surface area contributed by atoms with Crippen molar-refractivity contribution in [1.29, 1.82) is 0 Å². The first kappa shape index (κ1) is 18.8. The maximum absolute atomic E-state index is 12.1. The number of benzene rings is 2. The number of anilines is 2. The molecule has 0 spiro atoms. The van der Waals surface area contributed by atoms with Crippen molar-refractivity contribution >= 4 is 27.3 Å². The first-order valence-corrected chi connectivity index (χ1v) is 9.63. The van der Waals surface area contributed by atoms with Crippen LogP contribution in [0.25, 0.3) is 0 Å². The Kier molecular flexibility index (Phi) is 6.41. The summed E-state index contributed by atoms with van der Waals surface area (Å²) in [6, 6.07) is 14.0. The largest absolute Gasteiger partial charge is 0.492 e. The van der Waals surface area contributed by atoms with Crippen LogP contribution in [0, 0.1) is 0 Å². The average molecular weight is 362 g/mol. The predicted octanol–water partition coefficient (Wildman–Crippen LogP) is 3.03. The van der Waals surface area contributed by atoms with Crippen LogP contribution in [0.3, 0.4) is 0 Å². The maximum Gasteiger partial charge on any atom is 0.236 e. The van der Waals surface area contributed by atoms with E-state index in [1.54, 1.807) is 24.3 Å². The fourth-order valence-electron chi connectivity index (χ4n) is 2.15. The molecule has 134 valence electrons. The molecule has 0 aliphatic carbocycles. The van der Waals surface area contributed by atoms with Gasteiger partial charge in [-0.2, -0.15) is 0 Å². The number of rotatable bonds is 8. The molecule has 2 aromatic rings. The molecular formula is C18H22N2O4S. The molecule has 0 unspecified atom stereocenters. The molecule has 0 heterocycles. The topological polar surface area (TPSA) is 84.5 Å². The van der Waals surface area contributed by atoms with Gasteiger partial charge in [-0.3, -0.25) is 9.52 Å². The Balaban J connectivity index is 1.85. The summed E-state index contributed by atoms with van der Waals surface area (Å²) in [6.07, 6.45) is 0.944. The summed E-state index contributed by atoms with van der Waals surface area (Å²) in [4.78, 5) is 11.0. The zero-order chi connectivity index (χ0) is 18.3. The summed E-state index contributed by atoms with van der Waals surface area (Å²) in [5.41, 5.74) is 2.24. The van der Waals surface area contributed by atoms with Gasteiger partial charge in [-0.05, 0) is 48.4 Å². The highest BCUT2D eigenvalue weighted by Crippen LogP contribution is 2.16. The minimum Gasteiger partial charge on any atom is -0.492 e. The van der Waals surface area contributed by atoms with Gasteiger partial charge in [0.25, 0.3) is 0 Å². The number of hydrogen-bond acceptors (Lipinski definition) is 4. The number of sulfonamides is 1. The Labute approximate surface area is 148 Å². The molecule has 0 bridgehead atoms. The molecule has 0 aliphatic rings. The van der Waals surface area contributed by atoms with Crippen LogP contribution in [0.1, 0.15) is 19.4 Å². The SMILES string of the molecule is CCc1ccc(OCCS(=O)(=O)Nc2ccc(NC(C)=O)cc2)cc1. The lowest BCUT2D eigenvalue weighted by molar-refractivity contribution is -0.114. The third kappa shape index (κ3) is 6.46. The van der Waals surface area contributed by atoms with E-state index in [2.05, 4.69) is 17.0 Å². The zero-order valence-electron chi connectivity index (χ0n) is 14.3. The van der Waals surface area contributed by atoms with E-state index in [0.29, 0.717) is 17.1 Å². The molecule has 7 heteroatoms. The normalized spacial score (nSPS) is 11.0. The Morgan fingerprint density at radius 2 is 1.60 bits per heavy atom. The highest BCUT2D eigenvalue weighted by atomic mass is 32.2. The minimum absolute atomic E-state index is 0.0603. The first-order valence-electron chi connectivity index (χ1n) is 7.98. The second-order valence-corrected chi connectivity index (χ2v) is 7.37. The van der Waals surface area contributed by atoms with E-state index in [4.69, 9.17) is 4.74 Å². The third-order valence-corrected chi connectivity index (χ3v) is 4.68. The molecule has 0 radical (unpaired) electrons. The van der Waals surface area contributed by atoms with Crippen molar-refractivity contribution in [2.45, 2.75) is 20.3 Å². The molecule has 2 aromatic carbocycles. The van der Waals surface area contributed by atoms with E-state index in [9.17, 15) is 13.2 Å². The van der Waals surface area contributed by atoms with Crippen LogP contribution < -0.4 is 14.8 Å². The van der Waals surface area contributed by atoms with Gasteiger partial charge in [-0.15, -0.1) is 0 Å². The van der Waals surface area contributed by atoms with Crippen LogP contribution >= 0.6 is 0 Å². The van der Waals surface area contributed by atoms with Crippen LogP contribution in [0.15, 0.2) is 48.5 Å². The average Bonchev–Trinajstić information content (AvgIpc) is 2.56. The van der Waals surface area contributed by atoms with Gasteiger partial charge in [0.05, 0.1) is 0 Å². The zero-order valence-corrected chi connectivity index (χ0v) is 15.1. The number of hydrogen-bond donors (Lipinski definition) is 2. The molecule has 0 saturated carbocycles. The molecule has 25 heavy (non-hydrogen) atoms. The fourth-order valence-corrected chi connectivity index (χ4v) is 3.05. The highest BCUT2D eigenvalue weighted by molar-refractivity contribution is 7.92. The highest BCUT2D eigenvalue weighted by Gasteiger charge is 2.11. The van der Waals surface area contributed by atoms with Crippen LogP contribution in [0.5, 0.6) is 5.75 Å². The van der Waals surface area contributed by atoms with E-state index in [0.717, 1.165) is 6.42 Å². The van der Waals surface area contributed by atoms with Crippen molar-refractivity contribution in [3.8, 4) is 5.75 Å². The first-order chi connectivity index (χ1) is 11.9. The molecule has 1 amide bonds. The van der Waals surface area contributed by atoms with Gasteiger partial charge in [-0.1, -0.05) is 19.1 Å². The van der Waals surface area contributed by atoms with E-state index in [1.165, 1.54) is 12.5 Å². The fraction of sp³-hybridized carbons (Fsp3) is 0.278. The van der Waals surface area contributed by atoms with E-state index in [-0.39, 0.29) is 18.3 Å². The van der Waals surface area contributed by atoms with Crippen molar-refractivity contribution in [3.05, 3.63) is 54.1 Å². The van der Waals surface area contributed by atoms with Gasteiger partial charge >= 0.3 is 0 Å². The van der Waals surface area contributed by atoms with Gasteiger partial charge in [0.2, 0.25) is 15.9 Å². The molecule has 0 saturated heterocycles. The molecule has 6 nitrogen and oxygen atoms in total. The Morgan fingerprint density at radius 1 is 1.00 bits per heavy atom. The quantitative estimate of drug-likeness (QED) is 0.756. The van der Waals surface area contributed by atoms with Gasteiger partial charge in [0, 0.05) is 18.3 Å². The third-order valence-electron chi connectivity index (χ3n) is 3.43. The summed E-state index contributed by atoms with van der Waals surface area (Å²) >= 11 is 0. The van der Waals surface area contributed by atoms with Crippen molar-refractivity contribution in [3.63, 3.8) is 0 Å². The lowest BCUT2D eigenvalue weighted by atomic mass is 10.2. The predicted molar refractivity (Wildman–Crippen MR) is 99.5 cm³/mol. The number of nitrogens with one attached hydrogen (secondary N) is 2. The molecule has 0 atom stereocenters. The summed E-state index contributed by atoms with van der Waals surface area (Å²) < 4.78 is 32.1. The summed E-state index contributed by atoms with van der Waals surface area (Å²) in [5, 5.41) is 2.62. The van der Waals surface area contributed by atoms with Crippen molar-refractivity contribution in [2.75, 3.05) is 22.4 Å². The van der Waals surface area contributed by atoms with Crippen LogP contribution in [-0.2, 0) is 21.2 Å². The van der Waals surface area contributed by atoms with Crippen LogP contribution in [0.2, 0.25) is 0 Å². The molecule has 0 aromatic heterocycles. The Hall–Kier alpha value is -2.54. The molecule has 0 fully saturated rings. The van der Waals surface area contributed by atoms with Crippen LogP contribution in [0.4, 0.5) is 11.4 Å². The molecule has 2 rings (SSSR count). The number of ether oxygens (including phenoxy) is 1. The number of aryl methyl sites for hydroxylation is 1.